The third-order valence-electron chi connectivity index (χ3n) is 2.37. The van der Waals surface area contributed by atoms with Gasteiger partial charge in [-0.1, -0.05) is 0 Å². The van der Waals surface area contributed by atoms with Crippen LogP contribution < -0.4 is 5.32 Å². The van der Waals surface area contributed by atoms with Crippen LogP contribution in [0.25, 0.3) is 0 Å². The Balaban J connectivity index is 2.15. The second kappa shape index (κ2) is 6.35. The summed E-state index contributed by atoms with van der Waals surface area (Å²) in [6, 6.07) is 0.0848. The van der Waals surface area contributed by atoms with Gasteiger partial charge in [0.25, 0.3) is 0 Å². The number of aromatic nitrogens is 1. The van der Waals surface area contributed by atoms with E-state index in [0.29, 0.717) is 13.0 Å². The normalized spacial score (nSPS) is 13.9. The lowest BCUT2D eigenvalue weighted by Gasteiger charge is -2.13. The lowest BCUT2D eigenvalue weighted by atomic mass is 10.1. The third-order valence-corrected chi connectivity index (χ3v) is 3.28. The van der Waals surface area contributed by atoms with Crippen LogP contribution in [0.2, 0.25) is 0 Å². The largest absolute Gasteiger partial charge is 0.389 e. The van der Waals surface area contributed by atoms with Crippen molar-refractivity contribution in [1.29, 1.82) is 0 Å². The first kappa shape index (κ1) is 14.4. The Morgan fingerprint density at radius 2 is 2.18 bits per heavy atom. The van der Waals surface area contributed by atoms with E-state index in [4.69, 9.17) is 0 Å². The molecule has 1 atom stereocenters. The van der Waals surface area contributed by atoms with Crippen molar-refractivity contribution in [3.8, 4) is 0 Å². The smallest absolute Gasteiger partial charge is 0.308 e. The van der Waals surface area contributed by atoms with E-state index < -0.39 is 12.6 Å². The zero-order valence-electron chi connectivity index (χ0n) is 9.97. The standard InChI is InChI=1S/C11H17F3N2S/c1-8(4-3-5-11(12,13)14)15-7-10-16-6-9(2)17-10/h6,8,15H,3-5,7H2,1-2H3. The van der Waals surface area contributed by atoms with E-state index in [-0.39, 0.29) is 12.5 Å². The Bertz CT molecular complexity index is 336. The second-order valence-electron chi connectivity index (χ2n) is 4.15. The summed E-state index contributed by atoms with van der Waals surface area (Å²) in [7, 11) is 0. The number of nitrogens with zero attached hydrogens (tertiary/aromatic N) is 1. The van der Waals surface area contributed by atoms with Gasteiger partial charge < -0.3 is 5.32 Å². The molecule has 0 aliphatic carbocycles. The highest BCUT2D eigenvalue weighted by Gasteiger charge is 2.26. The summed E-state index contributed by atoms with van der Waals surface area (Å²) in [5, 5.41) is 4.16. The third kappa shape index (κ3) is 6.63. The minimum atomic E-state index is -4.04. The van der Waals surface area contributed by atoms with Crippen LogP contribution in [0.4, 0.5) is 13.2 Å². The summed E-state index contributed by atoms with van der Waals surface area (Å²) in [4.78, 5) is 5.33. The van der Waals surface area contributed by atoms with Crippen molar-refractivity contribution >= 4 is 11.3 Å². The van der Waals surface area contributed by atoms with Crippen molar-refractivity contribution in [2.45, 2.75) is 51.9 Å². The van der Waals surface area contributed by atoms with Gasteiger partial charge in [0.15, 0.2) is 0 Å². The first-order valence-electron chi connectivity index (χ1n) is 5.58. The number of nitrogens with one attached hydrogen (secondary N) is 1. The summed E-state index contributed by atoms with van der Waals surface area (Å²) in [5.74, 6) is 0. The molecule has 6 heteroatoms. The number of hydrogen-bond donors (Lipinski definition) is 1. The number of halogens is 3. The van der Waals surface area contributed by atoms with Crippen LogP contribution in [0.1, 0.15) is 36.1 Å². The monoisotopic (exact) mass is 266 g/mol. The van der Waals surface area contributed by atoms with E-state index in [9.17, 15) is 13.2 Å². The van der Waals surface area contributed by atoms with Gasteiger partial charge in [-0.15, -0.1) is 11.3 Å². The van der Waals surface area contributed by atoms with Gasteiger partial charge in [-0.25, -0.2) is 4.98 Å². The van der Waals surface area contributed by atoms with Crippen molar-refractivity contribution < 1.29 is 13.2 Å². The number of hydrogen-bond acceptors (Lipinski definition) is 3. The first-order chi connectivity index (χ1) is 7.87. The maximum atomic E-state index is 11.9. The summed E-state index contributed by atoms with van der Waals surface area (Å²) in [6.07, 6.45) is -2.23. The van der Waals surface area contributed by atoms with Crippen LogP contribution in [-0.4, -0.2) is 17.2 Å². The fraction of sp³-hybridized carbons (Fsp3) is 0.727. The molecule has 1 aromatic rings. The predicted molar refractivity (Wildman–Crippen MR) is 63.1 cm³/mol. The Hall–Kier alpha value is -0.620. The maximum absolute atomic E-state index is 11.9. The van der Waals surface area contributed by atoms with Crippen LogP contribution in [-0.2, 0) is 6.54 Å². The van der Waals surface area contributed by atoms with Crippen molar-refractivity contribution in [3.05, 3.63) is 16.1 Å². The van der Waals surface area contributed by atoms with Gasteiger partial charge in [0.05, 0.1) is 0 Å². The highest BCUT2D eigenvalue weighted by molar-refractivity contribution is 7.11. The minimum Gasteiger partial charge on any atom is -0.308 e. The zero-order chi connectivity index (χ0) is 12.9. The van der Waals surface area contributed by atoms with Gasteiger partial charge in [-0.3, -0.25) is 0 Å². The minimum absolute atomic E-state index is 0.0848. The van der Waals surface area contributed by atoms with E-state index in [1.165, 1.54) is 0 Å². The lowest BCUT2D eigenvalue weighted by Crippen LogP contribution is -2.25. The molecular weight excluding hydrogens is 249 g/mol. The molecule has 0 aromatic carbocycles. The molecule has 1 heterocycles. The molecule has 0 radical (unpaired) electrons. The van der Waals surface area contributed by atoms with Crippen LogP contribution in [0, 0.1) is 6.92 Å². The lowest BCUT2D eigenvalue weighted by molar-refractivity contribution is -0.135. The molecule has 0 aliphatic heterocycles. The second-order valence-corrected chi connectivity index (χ2v) is 5.47. The molecule has 0 saturated carbocycles. The van der Waals surface area contributed by atoms with Crippen LogP contribution in [0.5, 0.6) is 0 Å². The Morgan fingerprint density at radius 1 is 1.47 bits per heavy atom. The highest BCUT2D eigenvalue weighted by Crippen LogP contribution is 2.22. The molecule has 0 aliphatic rings. The van der Waals surface area contributed by atoms with E-state index in [0.717, 1.165) is 9.88 Å². The molecule has 1 aromatic heterocycles. The number of rotatable bonds is 6. The van der Waals surface area contributed by atoms with Gasteiger partial charge in [0.1, 0.15) is 5.01 Å². The number of aryl methyl sites for hydroxylation is 1. The van der Waals surface area contributed by atoms with Crippen LogP contribution in [0.3, 0.4) is 0 Å². The molecule has 0 saturated heterocycles. The predicted octanol–water partition coefficient (Wildman–Crippen LogP) is 3.66. The van der Waals surface area contributed by atoms with E-state index in [1.54, 1.807) is 17.5 Å². The SMILES string of the molecule is Cc1cnc(CNC(C)CCCC(F)(F)F)s1. The molecule has 0 amide bonds. The molecule has 0 fully saturated rings. The molecule has 0 bridgehead atoms. The van der Waals surface area contributed by atoms with E-state index >= 15 is 0 Å². The topological polar surface area (TPSA) is 24.9 Å². The molecule has 98 valence electrons. The van der Waals surface area contributed by atoms with Gasteiger partial charge in [-0.05, 0) is 26.7 Å². The van der Waals surface area contributed by atoms with Gasteiger partial charge >= 0.3 is 6.18 Å². The first-order valence-corrected chi connectivity index (χ1v) is 6.40. The van der Waals surface area contributed by atoms with Crippen LogP contribution >= 0.6 is 11.3 Å². The Morgan fingerprint density at radius 3 is 2.71 bits per heavy atom. The average Bonchev–Trinajstić information content (AvgIpc) is 2.59. The molecule has 1 unspecified atom stereocenters. The fourth-order valence-electron chi connectivity index (χ4n) is 1.46. The number of alkyl halides is 3. The summed E-state index contributed by atoms with van der Waals surface area (Å²) in [6.45, 7) is 4.51. The van der Waals surface area contributed by atoms with Crippen molar-refractivity contribution in [2.24, 2.45) is 0 Å². The average molecular weight is 266 g/mol. The van der Waals surface area contributed by atoms with E-state index in [2.05, 4.69) is 10.3 Å². The van der Waals surface area contributed by atoms with Crippen molar-refractivity contribution in [1.82, 2.24) is 10.3 Å². The summed E-state index contributed by atoms with van der Waals surface area (Å²) >= 11 is 1.60. The van der Waals surface area contributed by atoms with Crippen LogP contribution in [0.15, 0.2) is 6.20 Å². The highest BCUT2D eigenvalue weighted by atomic mass is 32.1. The molecule has 17 heavy (non-hydrogen) atoms. The fourth-order valence-corrected chi connectivity index (χ4v) is 2.19. The van der Waals surface area contributed by atoms with Crippen molar-refractivity contribution in [2.75, 3.05) is 0 Å². The van der Waals surface area contributed by atoms with E-state index in [1.807, 2.05) is 13.8 Å². The summed E-state index contributed by atoms with van der Waals surface area (Å²) < 4.78 is 35.8. The van der Waals surface area contributed by atoms with Gasteiger partial charge in [0.2, 0.25) is 0 Å². The molecule has 2 nitrogen and oxygen atoms in total. The Kier molecular flexibility index (Phi) is 5.39. The molecule has 0 spiro atoms. The number of thiazole rings is 1. The maximum Gasteiger partial charge on any atom is 0.389 e. The van der Waals surface area contributed by atoms with Gasteiger partial charge in [-0.2, -0.15) is 13.2 Å². The molecule has 1 rings (SSSR count). The van der Waals surface area contributed by atoms with Gasteiger partial charge in [0, 0.05) is 30.1 Å². The zero-order valence-corrected chi connectivity index (χ0v) is 10.8. The Labute approximate surface area is 103 Å². The summed E-state index contributed by atoms with van der Waals surface area (Å²) in [5.41, 5.74) is 0. The van der Waals surface area contributed by atoms with Crippen molar-refractivity contribution in [3.63, 3.8) is 0 Å². The quantitative estimate of drug-likeness (QED) is 0.850. The molecule has 1 N–H and O–H groups in total. The molecular formula is C11H17F3N2S.